The van der Waals surface area contributed by atoms with Crippen LogP contribution in [0.5, 0.6) is 0 Å². The van der Waals surface area contributed by atoms with Gasteiger partial charge in [0.05, 0.1) is 0 Å². The molecule has 0 spiro atoms. The zero-order chi connectivity index (χ0) is 21.6. The predicted octanol–water partition coefficient (Wildman–Crippen LogP) is 4.18. The highest BCUT2D eigenvalue weighted by atomic mass is 16.2. The fourth-order valence-corrected chi connectivity index (χ4v) is 6.99. The lowest BCUT2D eigenvalue weighted by Crippen LogP contribution is -2.58. The molecule has 5 nitrogen and oxygen atoms in total. The number of H-pyrrole nitrogens is 1. The third-order valence-electron chi connectivity index (χ3n) is 8.12. The summed E-state index contributed by atoms with van der Waals surface area (Å²) in [5, 5.41) is 7.47. The molecule has 0 saturated heterocycles. The number of para-hydroxylation sites is 1. The Morgan fingerprint density at radius 3 is 2.35 bits per heavy atom. The Morgan fingerprint density at radius 2 is 1.71 bits per heavy atom. The molecule has 1 atom stereocenters. The van der Waals surface area contributed by atoms with Crippen molar-refractivity contribution in [3.8, 4) is 0 Å². The molecule has 166 valence electrons. The SMILES string of the molecule is CC(C)C(NC(=O)C12CC3CC(CC(C3)C1)C2)C(=O)NCCc1c[nH]c2ccccc12. The lowest BCUT2D eigenvalue weighted by Gasteiger charge is -2.55. The van der Waals surface area contributed by atoms with Gasteiger partial charge in [0.25, 0.3) is 0 Å². The molecule has 1 unspecified atom stereocenters. The molecule has 2 aromatic rings. The van der Waals surface area contributed by atoms with Crippen LogP contribution >= 0.6 is 0 Å². The topological polar surface area (TPSA) is 74.0 Å². The Balaban J connectivity index is 1.20. The fourth-order valence-electron chi connectivity index (χ4n) is 6.99. The second kappa shape index (κ2) is 7.99. The van der Waals surface area contributed by atoms with E-state index in [2.05, 4.69) is 27.8 Å². The Labute approximate surface area is 184 Å². The van der Waals surface area contributed by atoms with Gasteiger partial charge in [-0.25, -0.2) is 0 Å². The molecule has 4 aliphatic carbocycles. The van der Waals surface area contributed by atoms with Gasteiger partial charge in [0, 0.05) is 29.1 Å². The molecular weight excluding hydrogens is 386 g/mol. The van der Waals surface area contributed by atoms with E-state index in [1.807, 2.05) is 32.2 Å². The van der Waals surface area contributed by atoms with Crippen LogP contribution in [0.25, 0.3) is 10.9 Å². The van der Waals surface area contributed by atoms with Gasteiger partial charge < -0.3 is 15.6 Å². The maximum atomic E-state index is 13.4. The maximum Gasteiger partial charge on any atom is 0.242 e. The molecule has 1 aromatic heterocycles. The minimum atomic E-state index is -0.469. The highest BCUT2D eigenvalue weighted by molar-refractivity contribution is 5.90. The summed E-state index contributed by atoms with van der Waals surface area (Å²) in [6.45, 7) is 4.60. The van der Waals surface area contributed by atoms with E-state index < -0.39 is 6.04 Å². The number of amides is 2. The van der Waals surface area contributed by atoms with Crippen LogP contribution in [0.15, 0.2) is 30.5 Å². The van der Waals surface area contributed by atoms with E-state index >= 15 is 0 Å². The Morgan fingerprint density at radius 1 is 1.06 bits per heavy atom. The zero-order valence-corrected chi connectivity index (χ0v) is 18.7. The van der Waals surface area contributed by atoms with E-state index in [1.165, 1.54) is 30.2 Å². The van der Waals surface area contributed by atoms with Crippen molar-refractivity contribution in [2.75, 3.05) is 6.54 Å². The van der Waals surface area contributed by atoms with Crippen LogP contribution in [0.3, 0.4) is 0 Å². The first-order chi connectivity index (χ1) is 14.9. The molecule has 4 fully saturated rings. The molecule has 31 heavy (non-hydrogen) atoms. The van der Waals surface area contributed by atoms with Gasteiger partial charge in [0.2, 0.25) is 11.8 Å². The Hall–Kier alpha value is -2.30. The lowest BCUT2D eigenvalue weighted by molar-refractivity contribution is -0.149. The molecule has 1 aromatic carbocycles. The van der Waals surface area contributed by atoms with Gasteiger partial charge in [-0.1, -0.05) is 32.0 Å². The summed E-state index contributed by atoms with van der Waals surface area (Å²) in [4.78, 5) is 29.7. The van der Waals surface area contributed by atoms with Crippen LogP contribution in [0.4, 0.5) is 0 Å². The minimum Gasteiger partial charge on any atom is -0.361 e. The van der Waals surface area contributed by atoms with Gasteiger partial charge in [-0.15, -0.1) is 0 Å². The lowest BCUT2D eigenvalue weighted by atomic mass is 9.49. The Bertz CT molecular complexity index is 941. The monoisotopic (exact) mass is 421 g/mol. The van der Waals surface area contributed by atoms with Crippen LogP contribution in [0.2, 0.25) is 0 Å². The molecule has 0 radical (unpaired) electrons. The second-order valence-corrected chi connectivity index (χ2v) is 10.8. The van der Waals surface area contributed by atoms with Gasteiger partial charge >= 0.3 is 0 Å². The summed E-state index contributed by atoms with van der Waals surface area (Å²) < 4.78 is 0. The van der Waals surface area contributed by atoms with E-state index in [0.717, 1.165) is 49.0 Å². The molecule has 4 aliphatic rings. The highest BCUT2D eigenvalue weighted by Crippen LogP contribution is 2.60. The first-order valence-electron chi connectivity index (χ1n) is 12.1. The summed E-state index contributed by atoms with van der Waals surface area (Å²) in [5.74, 6) is 2.30. The average molecular weight is 422 g/mol. The van der Waals surface area contributed by atoms with Crippen LogP contribution in [0, 0.1) is 29.1 Å². The molecule has 4 saturated carbocycles. The summed E-state index contributed by atoms with van der Waals surface area (Å²) >= 11 is 0. The number of carbonyl (C=O) groups is 2. The molecule has 5 heteroatoms. The van der Waals surface area contributed by atoms with E-state index in [9.17, 15) is 9.59 Å². The first kappa shape index (κ1) is 20.6. The Kier molecular flexibility index (Phi) is 5.31. The summed E-state index contributed by atoms with van der Waals surface area (Å²) in [5.41, 5.74) is 2.10. The second-order valence-electron chi connectivity index (χ2n) is 10.8. The normalized spacial score (nSPS) is 30.0. The number of nitrogens with one attached hydrogen (secondary N) is 3. The fraction of sp³-hybridized carbons (Fsp3) is 0.615. The van der Waals surface area contributed by atoms with E-state index in [4.69, 9.17) is 0 Å². The molecule has 6 rings (SSSR count). The van der Waals surface area contributed by atoms with Crippen molar-refractivity contribution in [1.82, 2.24) is 15.6 Å². The quantitative estimate of drug-likeness (QED) is 0.627. The molecule has 3 N–H and O–H groups in total. The average Bonchev–Trinajstić information content (AvgIpc) is 3.13. The van der Waals surface area contributed by atoms with Gasteiger partial charge in [-0.3, -0.25) is 9.59 Å². The van der Waals surface area contributed by atoms with Crippen LogP contribution < -0.4 is 10.6 Å². The van der Waals surface area contributed by atoms with Gasteiger partial charge in [0.1, 0.15) is 6.04 Å². The van der Waals surface area contributed by atoms with Gasteiger partial charge in [-0.2, -0.15) is 0 Å². The summed E-state index contributed by atoms with van der Waals surface area (Å²) in [7, 11) is 0. The highest BCUT2D eigenvalue weighted by Gasteiger charge is 2.55. The molecule has 4 bridgehead atoms. The van der Waals surface area contributed by atoms with Crippen molar-refractivity contribution >= 4 is 22.7 Å². The largest absolute Gasteiger partial charge is 0.361 e. The number of hydrogen-bond donors (Lipinski definition) is 3. The molecule has 0 aliphatic heterocycles. The number of aromatic amines is 1. The maximum absolute atomic E-state index is 13.4. The van der Waals surface area contributed by atoms with Crippen molar-refractivity contribution in [1.29, 1.82) is 0 Å². The predicted molar refractivity (Wildman–Crippen MR) is 122 cm³/mol. The van der Waals surface area contributed by atoms with Gasteiger partial charge in [-0.05, 0) is 80.2 Å². The van der Waals surface area contributed by atoms with Crippen molar-refractivity contribution < 1.29 is 9.59 Å². The number of fused-ring (bicyclic) bond motifs is 1. The van der Waals surface area contributed by atoms with E-state index in [1.54, 1.807) is 0 Å². The number of carbonyl (C=O) groups excluding carboxylic acids is 2. The van der Waals surface area contributed by atoms with Crippen molar-refractivity contribution in [2.45, 2.75) is 64.8 Å². The zero-order valence-electron chi connectivity index (χ0n) is 18.7. The van der Waals surface area contributed by atoms with Crippen molar-refractivity contribution in [3.63, 3.8) is 0 Å². The minimum absolute atomic E-state index is 0.0611. The van der Waals surface area contributed by atoms with Crippen LogP contribution in [-0.4, -0.2) is 29.4 Å². The van der Waals surface area contributed by atoms with Crippen molar-refractivity contribution in [3.05, 3.63) is 36.0 Å². The number of benzene rings is 1. The summed E-state index contributed by atoms with van der Waals surface area (Å²) in [6.07, 6.45) is 9.81. The van der Waals surface area contributed by atoms with E-state index in [-0.39, 0.29) is 23.1 Å². The van der Waals surface area contributed by atoms with Crippen LogP contribution in [0.1, 0.15) is 57.9 Å². The third-order valence-corrected chi connectivity index (χ3v) is 8.12. The van der Waals surface area contributed by atoms with Gasteiger partial charge in [0.15, 0.2) is 0 Å². The van der Waals surface area contributed by atoms with E-state index in [0.29, 0.717) is 6.54 Å². The summed E-state index contributed by atoms with van der Waals surface area (Å²) in [6, 6.07) is 7.75. The molecular formula is C26H35N3O2. The first-order valence-corrected chi connectivity index (χ1v) is 12.1. The molecule has 1 heterocycles. The molecule has 2 amide bonds. The number of hydrogen-bond acceptors (Lipinski definition) is 2. The number of rotatable bonds is 7. The van der Waals surface area contributed by atoms with Crippen LogP contribution in [-0.2, 0) is 16.0 Å². The standard InChI is InChI=1S/C26H35N3O2/c1-16(2)23(24(30)27-8-7-20-15-28-22-6-4-3-5-21(20)22)29-25(31)26-12-17-9-18(13-26)11-19(10-17)14-26/h3-6,15-19,23,28H,7-14H2,1-2H3,(H,27,30)(H,29,31). The van der Waals surface area contributed by atoms with Crippen molar-refractivity contribution in [2.24, 2.45) is 29.1 Å². The number of aromatic nitrogens is 1. The smallest absolute Gasteiger partial charge is 0.242 e. The third kappa shape index (κ3) is 3.88.